The first kappa shape index (κ1) is 14.6. The number of hydrogen-bond acceptors (Lipinski definition) is 4. The number of rotatable bonds is 4. The lowest BCUT2D eigenvalue weighted by Crippen LogP contribution is -1.96. The van der Waals surface area contributed by atoms with E-state index in [0.717, 1.165) is 22.2 Å². The highest BCUT2D eigenvalue weighted by molar-refractivity contribution is 9.10. The summed E-state index contributed by atoms with van der Waals surface area (Å²) in [7, 11) is 0. The van der Waals surface area contributed by atoms with E-state index in [0.29, 0.717) is 5.89 Å². The van der Waals surface area contributed by atoms with Crippen molar-refractivity contribution < 1.29 is 17.9 Å². The predicted molar refractivity (Wildman–Crippen MR) is 78.1 cm³/mol. The zero-order chi connectivity index (χ0) is 15.5. The van der Waals surface area contributed by atoms with Gasteiger partial charge in [0.15, 0.2) is 18.2 Å². The molecule has 0 aliphatic heterocycles. The van der Waals surface area contributed by atoms with Crippen LogP contribution in [0.1, 0.15) is 5.89 Å². The van der Waals surface area contributed by atoms with E-state index in [2.05, 4.69) is 26.1 Å². The standard InChI is InChI=1S/C15H9BrF2N2O2/c16-11-4-2-1-3-10(11)15-20-19-14(22-15)8-21-9-5-6-12(17)13(18)7-9/h1-7H,8H2. The van der Waals surface area contributed by atoms with Crippen LogP contribution in [0.15, 0.2) is 51.4 Å². The van der Waals surface area contributed by atoms with Crippen molar-refractivity contribution >= 4 is 15.9 Å². The predicted octanol–water partition coefficient (Wildman–Crippen LogP) is 4.36. The molecular weight excluding hydrogens is 358 g/mol. The van der Waals surface area contributed by atoms with Crippen molar-refractivity contribution in [1.82, 2.24) is 10.2 Å². The number of benzene rings is 2. The van der Waals surface area contributed by atoms with Gasteiger partial charge in [-0.3, -0.25) is 0 Å². The minimum absolute atomic E-state index is 0.0392. The zero-order valence-corrected chi connectivity index (χ0v) is 12.7. The van der Waals surface area contributed by atoms with Gasteiger partial charge in [0.05, 0.1) is 5.56 Å². The molecule has 0 fully saturated rings. The van der Waals surface area contributed by atoms with E-state index in [1.54, 1.807) is 0 Å². The van der Waals surface area contributed by atoms with Crippen molar-refractivity contribution in [3.05, 3.63) is 64.5 Å². The van der Waals surface area contributed by atoms with Crippen molar-refractivity contribution in [2.75, 3.05) is 0 Å². The van der Waals surface area contributed by atoms with Gasteiger partial charge in [0, 0.05) is 10.5 Å². The van der Waals surface area contributed by atoms with Crippen molar-refractivity contribution in [1.29, 1.82) is 0 Å². The number of nitrogens with zero attached hydrogens (tertiary/aromatic N) is 2. The minimum Gasteiger partial charge on any atom is -0.484 e. The molecule has 1 aromatic heterocycles. The van der Waals surface area contributed by atoms with Crippen LogP contribution < -0.4 is 4.74 Å². The highest BCUT2D eigenvalue weighted by atomic mass is 79.9. The quantitative estimate of drug-likeness (QED) is 0.688. The summed E-state index contributed by atoms with van der Waals surface area (Å²) in [6.45, 7) is -0.0392. The zero-order valence-electron chi connectivity index (χ0n) is 11.1. The molecule has 0 radical (unpaired) electrons. The molecule has 0 aliphatic carbocycles. The molecule has 7 heteroatoms. The molecule has 3 aromatic rings. The van der Waals surface area contributed by atoms with Crippen LogP contribution in [0.25, 0.3) is 11.5 Å². The van der Waals surface area contributed by atoms with Crippen LogP contribution in [0.3, 0.4) is 0 Å². The van der Waals surface area contributed by atoms with Gasteiger partial charge in [-0.05, 0) is 40.2 Å². The average molecular weight is 367 g/mol. The molecule has 4 nitrogen and oxygen atoms in total. The normalized spacial score (nSPS) is 10.7. The van der Waals surface area contributed by atoms with E-state index < -0.39 is 11.6 Å². The summed E-state index contributed by atoms with van der Waals surface area (Å²) in [5.41, 5.74) is 0.758. The molecule has 0 N–H and O–H groups in total. The molecule has 0 spiro atoms. The number of halogens is 3. The molecule has 0 amide bonds. The maximum Gasteiger partial charge on any atom is 0.254 e. The lowest BCUT2D eigenvalue weighted by molar-refractivity contribution is 0.262. The van der Waals surface area contributed by atoms with E-state index >= 15 is 0 Å². The van der Waals surface area contributed by atoms with Crippen LogP contribution in [-0.2, 0) is 6.61 Å². The smallest absolute Gasteiger partial charge is 0.254 e. The summed E-state index contributed by atoms with van der Waals surface area (Å²) in [4.78, 5) is 0. The van der Waals surface area contributed by atoms with Gasteiger partial charge in [-0.25, -0.2) is 8.78 Å². The van der Waals surface area contributed by atoms with Crippen LogP contribution in [0, 0.1) is 11.6 Å². The van der Waals surface area contributed by atoms with Crippen molar-refractivity contribution in [2.24, 2.45) is 0 Å². The second-order valence-electron chi connectivity index (χ2n) is 4.35. The summed E-state index contributed by atoms with van der Waals surface area (Å²) >= 11 is 3.40. The molecule has 1 heterocycles. The Hall–Kier alpha value is -2.28. The summed E-state index contributed by atoms with van der Waals surface area (Å²) in [6.07, 6.45) is 0. The summed E-state index contributed by atoms with van der Waals surface area (Å²) in [6, 6.07) is 10.7. The first-order valence-corrected chi connectivity index (χ1v) is 7.08. The Bertz CT molecular complexity index is 808. The largest absolute Gasteiger partial charge is 0.484 e. The molecule has 2 aromatic carbocycles. The second kappa shape index (κ2) is 6.23. The third kappa shape index (κ3) is 3.14. The fraction of sp³-hybridized carbons (Fsp3) is 0.0667. The van der Waals surface area contributed by atoms with Crippen LogP contribution in [-0.4, -0.2) is 10.2 Å². The highest BCUT2D eigenvalue weighted by Gasteiger charge is 2.12. The maximum absolute atomic E-state index is 13.1. The Morgan fingerprint density at radius 2 is 1.86 bits per heavy atom. The molecule has 0 saturated carbocycles. The lowest BCUT2D eigenvalue weighted by Gasteiger charge is -2.03. The van der Waals surface area contributed by atoms with Crippen LogP contribution in [0.2, 0.25) is 0 Å². The number of hydrogen-bond donors (Lipinski definition) is 0. The topological polar surface area (TPSA) is 48.2 Å². The fourth-order valence-electron chi connectivity index (χ4n) is 1.77. The molecule has 22 heavy (non-hydrogen) atoms. The third-order valence-corrected chi connectivity index (χ3v) is 3.52. The van der Waals surface area contributed by atoms with Gasteiger partial charge in [0.1, 0.15) is 5.75 Å². The van der Waals surface area contributed by atoms with Gasteiger partial charge in [-0.2, -0.15) is 0 Å². The Balaban J connectivity index is 1.72. The van der Waals surface area contributed by atoms with Crippen molar-refractivity contribution in [3.63, 3.8) is 0 Å². The Morgan fingerprint density at radius 3 is 2.64 bits per heavy atom. The van der Waals surface area contributed by atoms with Crippen molar-refractivity contribution in [3.8, 4) is 17.2 Å². The van der Waals surface area contributed by atoms with Gasteiger partial charge in [-0.15, -0.1) is 10.2 Å². The van der Waals surface area contributed by atoms with E-state index in [-0.39, 0.29) is 18.2 Å². The van der Waals surface area contributed by atoms with Crippen LogP contribution in [0.4, 0.5) is 8.78 Å². The first-order chi connectivity index (χ1) is 10.6. The number of ether oxygens (including phenoxy) is 1. The Morgan fingerprint density at radius 1 is 1.05 bits per heavy atom. The highest BCUT2D eigenvalue weighted by Crippen LogP contribution is 2.27. The van der Waals surface area contributed by atoms with Gasteiger partial charge in [0.2, 0.25) is 5.89 Å². The minimum atomic E-state index is -0.975. The number of aromatic nitrogens is 2. The molecule has 112 valence electrons. The maximum atomic E-state index is 13.1. The molecule has 0 aliphatic rings. The molecule has 0 bridgehead atoms. The molecule has 0 unspecified atom stereocenters. The lowest BCUT2D eigenvalue weighted by atomic mass is 10.2. The van der Waals surface area contributed by atoms with E-state index in [9.17, 15) is 8.78 Å². The first-order valence-electron chi connectivity index (χ1n) is 6.28. The monoisotopic (exact) mass is 366 g/mol. The van der Waals surface area contributed by atoms with E-state index in [1.165, 1.54) is 6.07 Å². The van der Waals surface area contributed by atoms with Gasteiger partial charge >= 0.3 is 0 Å². The van der Waals surface area contributed by atoms with Gasteiger partial charge in [0.25, 0.3) is 5.89 Å². The molecular formula is C15H9BrF2N2O2. The van der Waals surface area contributed by atoms with E-state index in [1.807, 2.05) is 24.3 Å². The molecule has 0 atom stereocenters. The fourth-order valence-corrected chi connectivity index (χ4v) is 2.22. The molecule has 0 saturated heterocycles. The second-order valence-corrected chi connectivity index (χ2v) is 5.20. The van der Waals surface area contributed by atoms with Crippen molar-refractivity contribution in [2.45, 2.75) is 6.61 Å². The SMILES string of the molecule is Fc1ccc(OCc2nnc(-c3ccccc3Br)o2)cc1F. The molecule has 3 rings (SSSR count). The van der Waals surface area contributed by atoms with E-state index in [4.69, 9.17) is 9.15 Å². The third-order valence-electron chi connectivity index (χ3n) is 2.82. The summed E-state index contributed by atoms with van der Waals surface area (Å²) in [5.74, 6) is -1.15. The Kier molecular flexibility index (Phi) is 4.15. The van der Waals surface area contributed by atoms with Gasteiger partial charge in [-0.1, -0.05) is 12.1 Å². The van der Waals surface area contributed by atoms with Gasteiger partial charge < -0.3 is 9.15 Å². The average Bonchev–Trinajstić information content (AvgIpc) is 2.98. The summed E-state index contributed by atoms with van der Waals surface area (Å²) < 4.78 is 37.5. The van der Waals surface area contributed by atoms with Crippen LogP contribution >= 0.6 is 15.9 Å². The summed E-state index contributed by atoms with van der Waals surface area (Å²) in [5, 5.41) is 7.79. The Labute approximate surface area is 132 Å². The van der Waals surface area contributed by atoms with Crippen LogP contribution in [0.5, 0.6) is 5.75 Å².